The first-order chi connectivity index (χ1) is 8.36. The summed E-state index contributed by atoms with van der Waals surface area (Å²) in [5, 5.41) is 3.99. The first-order valence-electron chi connectivity index (χ1n) is 6.18. The van der Waals surface area contributed by atoms with Crippen LogP contribution in [0.25, 0.3) is 0 Å². The highest BCUT2D eigenvalue weighted by atomic mass is 16.7. The van der Waals surface area contributed by atoms with Crippen LogP contribution in [0.4, 0.5) is 0 Å². The topological polar surface area (TPSA) is 38.7 Å². The van der Waals surface area contributed by atoms with Crippen molar-refractivity contribution in [3.8, 4) is 0 Å². The Bertz CT molecular complexity index is 388. The Kier molecular flexibility index (Phi) is 4.30. The van der Waals surface area contributed by atoms with Crippen LogP contribution in [-0.2, 0) is 4.84 Å². The van der Waals surface area contributed by atoms with Crippen molar-refractivity contribution in [1.29, 1.82) is 0 Å². The van der Waals surface area contributed by atoms with Gasteiger partial charge in [0.2, 0.25) is 0 Å². The molecule has 17 heavy (non-hydrogen) atoms. The van der Waals surface area contributed by atoms with Gasteiger partial charge in [-0.15, -0.1) is 0 Å². The van der Waals surface area contributed by atoms with Crippen molar-refractivity contribution in [2.45, 2.75) is 38.5 Å². The maximum absolute atomic E-state index is 11.6. The van der Waals surface area contributed by atoms with Crippen molar-refractivity contribution in [2.24, 2.45) is 5.16 Å². The van der Waals surface area contributed by atoms with Gasteiger partial charge in [-0.05, 0) is 37.8 Å². The lowest BCUT2D eigenvalue weighted by molar-refractivity contribution is 0.0514. The Hall–Kier alpha value is -1.64. The fraction of sp³-hybridized carbons (Fsp3) is 0.429. The minimum Gasteiger partial charge on any atom is -0.313 e. The van der Waals surface area contributed by atoms with Crippen LogP contribution < -0.4 is 0 Å². The van der Waals surface area contributed by atoms with E-state index >= 15 is 0 Å². The normalized spacial score (nSPS) is 16.1. The number of carbonyl (C=O) groups excluding carboxylic acids is 1. The number of benzene rings is 1. The van der Waals surface area contributed by atoms with Crippen molar-refractivity contribution in [3.05, 3.63) is 35.9 Å². The largest absolute Gasteiger partial charge is 0.365 e. The lowest BCUT2D eigenvalue weighted by atomic mass is 10.2. The summed E-state index contributed by atoms with van der Waals surface area (Å²) in [7, 11) is 0. The predicted octanol–water partition coefficient (Wildman–Crippen LogP) is 3.55. The summed E-state index contributed by atoms with van der Waals surface area (Å²) in [4.78, 5) is 16.6. The second-order valence-corrected chi connectivity index (χ2v) is 4.32. The summed E-state index contributed by atoms with van der Waals surface area (Å²) in [5.74, 6) is -0.373. The molecule has 3 heteroatoms. The Labute approximate surface area is 101 Å². The minimum absolute atomic E-state index is 0.373. The third kappa shape index (κ3) is 3.70. The zero-order chi connectivity index (χ0) is 11.9. The van der Waals surface area contributed by atoms with E-state index in [9.17, 15) is 4.79 Å². The van der Waals surface area contributed by atoms with Crippen LogP contribution in [0.3, 0.4) is 0 Å². The Morgan fingerprint density at radius 2 is 1.65 bits per heavy atom. The minimum atomic E-state index is -0.373. The molecule has 3 nitrogen and oxygen atoms in total. The van der Waals surface area contributed by atoms with Crippen LogP contribution in [0.15, 0.2) is 35.5 Å². The van der Waals surface area contributed by atoms with E-state index in [4.69, 9.17) is 4.84 Å². The average Bonchev–Trinajstić information content (AvgIpc) is 2.65. The highest BCUT2D eigenvalue weighted by molar-refractivity contribution is 5.90. The molecule has 1 saturated carbocycles. The lowest BCUT2D eigenvalue weighted by Crippen LogP contribution is -2.04. The molecule has 0 aromatic heterocycles. The predicted molar refractivity (Wildman–Crippen MR) is 67.0 cm³/mol. The summed E-state index contributed by atoms with van der Waals surface area (Å²) in [6.45, 7) is 0. The Morgan fingerprint density at radius 1 is 1.00 bits per heavy atom. The third-order valence-electron chi connectivity index (χ3n) is 2.95. The lowest BCUT2D eigenvalue weighted by Gasteiger charge is -2.01. The van der Waals surface area contributed by atoms with E-state index in [1.54, 1.807) is 12.1 Å². The van der Waals surface area contributed by atoms with Gasteiger partial charge in [-0.2, -0.15) is 0 Å². The maximum atomic E-state index is 11.6. The molecule has 0 saturated heterocycles. The van der Waals surface area contributed by atoms with E-state index in [1.165, 1.54) is 12.8 Å². The molecular weight excluding hydrogens is 214 g/mol. The van der Waals surface area contributed by atoms with Gasteiger partial charge in [0.15, 0.2) is 0 Å². The fourth-order valence-electron chi connectivity index (χ4n) is 1.96. The number of oxime groups is 1. The van der Waals surface area contributed by atoms with Crippen LogP contribution >= 0.6 is 0 Å². The van der Waals surface area contributed by atoms with Gasteiger partial charge in [0.05, 0.1) is 11.3 Å². The summed E-state index contributed by atoms with van der Waals surface area (Å²) >= 11 is 0. The molecule has 0 amide bonds. The summed E-state index contributed by atoms with van der Waals surface area (Å²) < 4.78 is 0. The van der Waals surface area contributed by atoms with E-state index in [1.807, 2.05) is 18.2 Å². The molecular formula is C14H17NO2. The SMILES string of the molecule is O=C(ON=C1CCCCCC1)c1ccccc1. The van der Waals surface area contributed by atoms with Crippen LogP contribution in [-0.4, -0.2) is 11.7 Å². The molecule has 0 heterocycles. The van der Waals surface area contributed by atoms with E-state index in [-0.39, 0.29) is 5.97 Å². The maximum Gasteiger partial charge on any atom is 0.365 e. The molecule has 0 atom stereocenters. The molecule has 1 aliphatic carbocycles. The first kappa shape index (κ1) is 11.8. The molecule has 1 aliphatic rings. The summed E-state index contributed by atoms with van der Waals surface area (Å²) in [6, 6.07) is 8.96. The Balaban J connectivity index is 1.92. The zero-order valence-electron chi connectivity index (χ0n) is 9.89. The molecule has 1 aromatic rings. The second kappa shape index (κ2) is 6.18. The molecule has 2 rings (SSSR count). The molecule has 1 aromatic carbocycles. The number of hydrogen-bond acceptors (Lipinski definition) is 3. The standard InChI is InChI=1S/C14H17NO2/c16-14(12-8-4-3-5-9-12)17-15-13-10-6-1-2-7-11-13/h3-5,8-9H,1-2,6-7,10-11H2. The van der Waals surface area contributed by atoms with Gasteiger partial charge in [-0.3, -0.25) is 0 Å². The number of carbonyl (C=O) groups is 1. The molecule has 0 unspecified atom stereocenters. The number of rotatable bonds is 2. The van der Waals surface area contributed by atoms with E-state index in [0.717, 1.165) is 31.4 Å². The Morgan fingerprint density at radius 3 is 2.29 bits per heavy atom. The van der Waals surface area contributed by atoms with Crippen LogP contribution in [0.1, 0.15) is 48.9 Å². The van der Waals surface area contributed by atoms with Crippen molar-refractivity contribution in [3.63, 3.8) is 0 Å². The van der Waals surface area contributed by atoms with Gasteiger partial charge < -0.3 is 4.84 Å². The fourth-order valence-corrected chi connectivity index (χ4v) is 1.96. The summed E-state index contributed by atoms with van der Waals surface area (Å²) in [5.41, 5.74) is 1.57. The van der Waals surface area contributed by atoms with Gasteiger partial charge in [-0.1, -0.05) is 36.2 Å². The number of hydrogen-bond donors (Lipinski definition) is 0. The van der Waals surface area contributed by atoms with E-state index in [2.05, 4.69) is 5.16 Å². The van der Waals surface area contributed by atoms with Crippen molar-refractivity contribution < 1.29 is 9.63 Å². The molecule has 0 spiro atoms. The zero-order valence-corrected chi connectivity index (χ0v) is 9.89. The third-order valence-corrected chi connectivity index (χ3v) is 2.95. The molecule has 90 valence electrons. The van der Waals surface area contributed by atoms with Crippen molar-refractivity contribution in [2.75, 3.05) is 0 Å². The first-order valence-corrected chi connectivity index (χ1v) is 6.18. The molecule has 0 N–H and O–H groups in total. The van der Waals surface area contributed by atoms with Crippen LogP contribution in [0, 0.1) is 0 Å². The number of nitrogens with zero attached hydrogens (tertiary/aromatic N) is 1. The quantitative estimate of drug-likeness (QED) is 0.443. The van der Waals surface area contributed by atoms with Gasteiger partial charge in [0, 0.05) is 0 Å². The summed E-state index contributed by atoms with van der Waals surface area (Å²) in [6.07, 6.45) is 6.74. The second-order valence-electron chi connectivity index (χ2n) is 4.32. The van der Waals surface area contributed by atoms with Gasteiger partial charge >= 0.3 is 5.97 Å². The van der Waals surface area contributed by atoms with Gasteiger partial charge in [0.25, 0.3) is 0 Å². The smallest absolute Gasteiger partial charge is 0.313 e. The van der Waals surface area contributed by atoms with Crippen molar-refractivity contribution >= 4 is 11.7 Å². The highest BCUT2D eigenvalue weighted by Crippen LogP contribution is 2.15. The molecule has 0 aliphatic heterocycles. The molecule has 0 bridgehead atoms. The van der Waals surface area contributed by atoms with E-state index < -0.39 is 0 Å². The van der Waals surface area contributed by atoms with Gasteiger partial charge in [-0.25, -0.2) is 4.79 Å². The molecule has 1 fully saturated rings. The average molecular weight is 231 g/mol. The van der Waals surface area contributed by atoms with Crippen LogP contribution in [0.2, 0.25) is 0 Å². The van der Waals surface area contributed by atoms with Gasteiger partial charge in [0.1, 0.15) is 0 Å². The van der Waals surface area contributed by atoms with E-state index in [0.29, 0.717) is 5.56 Å². The van der Waals surface area contributed by atoms with Crippen molar-refractivity contribution in [1.82, 2.24) is 0 Å². The molecule has 0 radical (unpaired) electrons. The highest BCUT2D eigenvalue weighted by Gasteiger charge is 2.09. The monoisotopic (exact) mass is 231 g/mol. The van der Waals surface area contributed by atoms with Crippen LogP contribution in [0.5, 0.6) is 0 Å².